The molecule has 0 heterocycles. The first-order valence-electron chi connectivity index (χ1n) is 6.21. The molecular formula is C14H16BrNO5. The number of hydrogen-bond acceptors (Lipinski definition) is 4. The van der Waals surface area contributed by atoms with Crippen LogP contribution in [0.5, 0.6) is 0 Å². The standard InChI is InChI=1S/C14H16BrNO5/c1-8-3-4-9(10(15)7-8)13(18)16-11(14(19)20)5-6-12(17)21-2/h3-4,7,11H,5-6H2,1-2H3,(H,16,18)(H,19,20). The van der Waals surface area contributed by atoms with Gasteiger partial charge < -0.3 is 15.2 Å². The second kappa shape index (κ2) is 7.78. The zero-order valence-electron chi connectivity index (χ0n) is 11.7. The molecule has 1 rings (SSSR count). The molecule has 0 aliphatic rings. The Balaban J connectivity index is 2.76. The fourth-order valence-corrected chi connectivity index (χ4v) is 2.34. The average molecular weight is 358 g/mol. The van der Waals surface area contributed by atoms with Crippen molar-refractivity contribution in [1.29, 1.82) is 0 Å². The highest BCUT2D eigenvalue weighted by molar-refractivity contribution is 9.10. The van der Waals surface area contributed by atoms with Gasteiger partial charge in [0.2, 0.25) is 0 Å². The summed E-state index contributed by atoms with van der Waals surface area (Å²) in [6.45, 7) is 1.88. The van der Waals surface area contributed by atoms with E-state index in [0.717, 1.165) is 5.56 Å². The highest BCUT2D eigenvalue weighted by Gasteiger charge is 2.22. The molecule has 0 aliphatic heterocycles. The van der Waals surface area contributed by atoms with Crippen molar-refractivity contribution in [3.63, 3.8) is 0 Å². The number of benzene rings is 1. The van der Waals surface area contributed by atoms with Crippen molar-refractivity contribution >= 4 is 33.8 Å². The Morgan fingerprint density at radius 1 is 1.38 bits per heavy atom. The number of esters is 1. The van der Waals surface area contributed by atoms with Crippen molar-refractivity contribution < 1.29 is 24.2 Å². The van der Waals surface area contributed by atoms with E-state index in [2.05, 4.69) is 26.0 Å². The van der Waals surface area contributed by atoms with E-state index in [4.69, 9.17) is 5.11 Å². The van der Waals surface area contributed by atoms with E-state index >= 15 is 0 Å². The van der Waals surface area contributed by atoms with Crippen LogP contribution >= 0.6 is 15.9 Å². The van der Waals surface area contributed by atoms with Gasteiger partial charge in [-0.2, -0.15) is 0 Å². The minimum absolute atomic E-state index is 0.0305. The number of carboxylic acids is 1. The largest absolute Gasteiger partial charge is 0.480 e. The Morgan fingerprint density at radius 2 is 2.05 bits per heavy atom. The number of aryl methyl sites for hydroxylation is 1. The summed E-state index contributed by atoms with van der Waals surface area (Å²) in [4.78, 5) is 34.3. The number of carbonyl (C=O) groups excluding carboxylic acids is 2. The normalized spacial score (nSPS) is 11.6. The molecule has 1 aromatic carbocycles. The number of carbonyl (C=O) groups is 3. The third kappa shape index (κ3) is 5.18. The summed E-state index contributed by atoms with van der Waals surface area (Å²) in [7, 11) is 1.22. The Labute approximate surface area is 130 Å². The first-order valence-corrected chi connectivity index (χ1v) is 7.01. The molecule has 0 saturated heterocycles. The average Bonchev–Trinajstić information content (AvgIpc) is 2.42. The van der Waals surface area contributed by atoms with E-state index < -0.39 is 23.9 Å². The number of halogens is 1. The molecule has 0 bridgehead atoms. The molecule has 0 radical (unpaired) electrons. The van der Waals surface area contributed by atoms with Crippen LogP contribution in [-0.4, -0.2) is 36.1 Å². The monoisotopic (exact) mass is 357 g/mol. The summed E-state index contributed by atoms with van der Waals surface area (Å²) in [5, 5.41) is 11.5. The summed E-state index contributed by atoms with van der Waals surface area (Å²) in [6.07, 6.45) is -0.111. The topological polar surface area (TPSA) is 92.7 Å². The number of aliphatic carboxylic acids is 1. The van der Waals surface area contributed by atoms with Gasteiger partial charge in [0.25, 0.3) is 5.91 Å². The second-order valence-electron chi connectivity index (χ2n) is 4.46. The van der Waals surface area contributed by atoms with E-state index in [-0.39, 0.29) is 12.8 Å². The molecule has 114 valence electrons. The zero-order chi connectivity index (χ0) is 16.0. The van der Waals surface area contributed by atoms with Crippen LogP contribution < -0.4 is 5.32 Å². The van der Waals surface area contributed by atoms with Crippen molar-refractivity contribution in [2.24, 2.45) is 0 Å². The number of nitrogens with one attached hydrogen (secondary N) is 1. The number of ether oxygens (including phenoxy) is 1. The van der Waals surface area contributed by atoms with Crippen LogP contribution in [0.15, 0.2) is 22.7 Å². The molecule has 6 nitrogen and oxygen atoms in total. The maximum Gasteiger partial charge on any atom is 0.326 e. The highest BCUT2D eigenvalue weighted by atomic mass is 79.9. The van der Waals surface area contributed by atoms with E-state index in [9.17, 15) is 14.4 Å². The fourth-order valence-electron chi connectivity index (χ4n) is 1.66. The van der Waals surface area contributed by atoms with Crippen molar-refractivity contribution in [2.75, 3.05) is 7.11 Å². The molecular weight excluding hydrogens is 342 g/mol. The smallest absolute Gasteiger partial charge is 0.326 e. The lowest BCUT2D eigenvalue weighted by atomic mass is 10.1. The third-order valence-corrected chi connectivity index (χ3v) is 3.49. The van der Waals surface area contributed by atoms with Gasteiger partial charge in [-0.05, 0) is 47.0 Å². The summed E-state index contributed by atoms with van der Waals surface area (Å²) in [5.74, 6) is -2.23. The Kier molecular flexibility index (Phi) is 6.36. The van der Waals surface area contributed by atoms with Gasteiger partial charge in [-0.25, -0.2) is 4.79 Å². The fraction of sp³-hybridized carbons (Fsp3) is 0.357. The van der Waals surface area contributed by atoms with Gasteiger partial charge >= 0.3 is 11.9 Å². The number of amides is 1. The van der Waals surface area contributed by atoms with Gasteiger partial charge in [0, 0.05) is 10.9 Å². The van der Waals surface area contributed by atoms with Gasteiger partial charge in [0.15, 0.2) is 0 Å². The van der Waals surface area contributed by atoms with Crippen molar-refractivity contribution in [3.05, 3.63) is 33.8 Å². The van der Waals surface area contributed by atoms with Crippen LogP contribution in [-0.2, 0) is 14.3 Å². The van der Waals surface area contributed by atoms with Gasteiger partial charge in [-0.3, -0.25) is 9.59 Å². The van der Waals surface area contributed by atoms with E-state index in [1.165, 1.54) is 7.11 Å². The van der Waals surface area contributed by atoms with Crippen LogP contribution in [0.4, 0.5) is 0 Å². The molecule has 0 fully saturated rings. The summed E-state index contributed by atoms with van der Waals surface area (Å²) < 4.78 is 5.03. The first kappa shape index (κ1) is 17.2. The minimum Gasteiger partial charge on any atom is -0.480 e. The van der Waals surface area contributed by atoms with Gasteiger partial charge in [-0.1, -0.05) is 6.07 Å². The SMILES string of the molecule is COC(=O)CCC(NC(=O)c1ccc(C)cc1Br)C(=O)O. The molecule has 2 N–H and O–H groups in total. The van der Waals surface area contributed by atoms with E-state index in [0.29, 0.717) is 10.0 Å². The molecule has 1 aromatic rings. The molecule has 0 aromatic heterocycles. The van der Waals surface area contributed by atoms with Crippen LogP contribution in [0, 0.1) is 6.92 Å². The van der Waals surface area contributed by atoms with Crippen LogP contribution in [0.2, 0.25) is 0 Å². The third-order valence-electron chi connectivity index (χ3n) is 2.84. The number of carboxylic acid groups (broad SMARTS) is 1. The van der Waals surface area contributed by atoms with Gasteiger partial charge in [0.1, 0.15) is 6.04 Å². The maximum absolute atomic E-state index is 12.1. The number of hydrogen-bond donors (Lipinski definition) is 2. The Hall–Kier alpha value is -1.89. The number of methoxy groups -OCH3 is 1. The lowest BCUT2D eigenvalue weighted by Gasteiger charge is -2.14. The molecule has 1 amide bonds. The molecule has 1 unspecified atom stereocenters. The Bertz CT molecular complexity index is 558. The summed E-state index contributed by atoms with van der Waals surface area (Å²) in [6, 6.07) is 3.97. The second-order valence-corrected chi connectivity index (χ2v) is 5.32. The molecule has 0 aliphatic carbocycles. The van der Waals surface area contributed by atoms with Gasteiger partial charge in [-0.15, -0.1) is 0 Å². The first-order chi connectivity index (χ1) is 9.85. The van der Waals surface area contributed by atoms with Crippen LogP contribution in [0.3, 0.4) is 0 Å². The summed E-state index contributed by atoms with van der Waals surface area (Å²) in [5.41, 5.74) is 1.31. The van der Waals surface area contributed by atoms with Crippen LogP contribution in [0.25, 0.3) is 0 Å². The lowest BCUT2D eigenvalue weighted by molar-refractivity contribution is -0.142. The highest BCUT2D eigenvalue weighted by Crippen LogP contribution is 2.18. The minimum atomic E-state index is -1.20. The predicted molar refractivity (Wildman–Crippen MR) is 79.0 cm³/mol. The van der Waals surface area contributed by atoms with Crippen molar-refractivity contribution in [1.82, 2.24) is 5.32 Å². The molecule has 7 heteroatoms. The van der Waals surface area contributed by atoms with Crippen molar-refractivity contribution in [3.8, 4) is 0 Å². The van der Waals surface area contributed by atoms with E-state index in [1.54, 1.807) is 18.2 Å². The zero-order valence-corrected chi connectivity index (χ0v) is 13.3. The quantitative estimate of drug-likeness (QED) is 0.758. The number of rotatable bonds is 6. The molecule has 0 spiro atoms. The molecule has 0 saturated carbocycles. The van der Waals surface area contributed by atoms with Crippen LogP contribution in [0.1, 0.15) is 28.8 Å². The predicted octanol–water partition coefficient (Wildman–Crippen LogP) is 1.89. The molecule has 1 atom stereocenters. The maximum atomic E-state index is 12.1. The lowest BCUT2D eigenvalue weighted by Crippen LogP contribution is -2.41. The van der Waals surface area contributed by atoms with Crippen molar-refractivity contribution in [2.45, 2.75) is 25.8 Å². The summed E-state index contributed by atoms with van der Waals surface area (Å²) >= 11 is 3.27. The molecule has 21 heavy (non-hydrogen) atoms. The van der Waals surface area contributed by atoms with E-state index in [1.807, 2.05) is 6.92 Å². The Morgan fingerprint density at radius 3 is 2.57 bits per heavy atom. The van der Waals surface area contributed by atoms with Gasteiger partial charge in [0.05, 0.1) is 12.7 Å².